The lowest BCUT2D eigenvalue weighted by molar-refractivity contribution is -0.428. The Balaban J connectivity index is 4.19. The first-order chi connectivity index (χ1) is 5.14. The summed E-state index contributed by atoms with van der Waals surface area (Å²) in [5.41, 5.74) is 0. The third kappa shape index (κ3) is 2.52. The summed E-state index contributed by atoms with van der Waals surface area (Å²) in [5, 5.41) is 0. The lowest BCUT2D eigenvalue weighted by Crippen LogP contribution is -2.32. The third-order valence-corrected chi connectivity index (χ3v) is 1.15. The molecule has 0 aliphatic heterocycles. The number of rotatable bonds is 5. The maximum absolute atomic E-state index is 11.2. The van der Waals surface area contributed by atoms with Crippen molar-refractivity contribution in [2.75, 3.05) is 0 Å². The molecule has 0 rings (SSSR count). The highest BCUT2D eigenvalue weighted by Gasteiger charge is 2.49. The van der Waals surface area contributed by atoms with Gasteiger partial charge in [0.05, 0.1) is 0 Å². The topological polar surface area (TPSA) is 36.9 Å². The summed E-state index contributed by atoms with van der Waals surface area (Å²) in [4.78, 5) is 10.1. The van der Waals surface area contributed by atoms with Crippen molar-refractivity contribution in [3.63, 3.8) is 0 Å². The second kappa shape index (κ2) is 4.83. The van der Waals surface area contributed by atoms with Crippen LogP contribution in [0.15, 0.2) is 0 Å². The zero-order valence-corrected chi connectivity index (χ0v) is 6.11. The Bertz CT molecular complexity index is 106. The lowest BCUT2D eigenvalue weighted by atomic mass is 10.6. The Morgan fingerprint density at radius 2 is 1.36 bits per heavy atom. The largest absolute Gasteiger partial charge is 0.379 e. The van der Waals surface area contributed by atoms with Gasteiger partial charge in [0, 0.05) is 0 Å². The molecule has 0 heterocycles. The van der Waals surface area contributed by atoms with Crippen molar-refractivity contribution >= 4 is 15.9 Å². The monoisotopic (exact) mass is 243 g/mol. The number of hydrogen-bond donors (Lipinski definition) is 0. The predicted molar refractivity (Wildman–Crippen MR) is 23.7 cm³/mol. The minimum absolute atomic E-state index is 1.87. The molecule has 11 heavy (non-hydrogen) atoms. The van der Waals surface area contributed by atoms with Crippen molar-refractivity contribution in [1.82, 2.24) is 0 Å². The summed E-state index contributed by atoms with van der Waals surface area (Å²) in [6.07, 6.45) is -1.87. The Hall–Kier alpha value is 0.0400. The number of halogens is 5. The molecule has 0 aromatic rings. The zero-order chi connectivity index (χ0) is 8.91. The van der Waals surface area contributed by atoms with Gasteiger partial charge >= 0.3 is 11.0 Å². The van der Waals surface area contributed by atoms with Gasteiger partial charge in [-0.2, -0.15) is 0 Å². The van der Waals surface area contributed by atoms with Crippen molar-refractivity contribution in [2.45, 2.75) is 4.70 Å². The van der Waals surface area contributed by atoms with Gasteiger partial charge in [-0.05, 0) is 34.0 Å². The molecule has 0 saturated heterocycles. The molecule has 0 aromatic carbocycles. The normalized spacial score (nSPS) is 12.5. The van der Waals surface area contributed by atoms with Crippen molar-refractivity contribution in [2.24, 2.45) is 0 Å². The molecule has 0 unspecified atom stereocenters. The molecule has 0 amide bonds. The van der Waals surface area contributed by atoms with E-state index in [0.29, 0.717) is 0 Å². The van der Waals surface area contributed by atoms with Gasteiger partial charge in [0.1, 0.15) is 0 Å². The maximum Gasteiger partial charge on any atom is 0.379 e. The molecule has 9 heteroatoms. The van der Waals surface area contributed by atoms with Crippen LogP contribution in [-0.4, -0.2) is 4.70 Å². The molecule has 0 aromatic heterocycles. The Labute approximate surface area is 65.7 Å². The van der Waals surface area contributed by atoms with Gasteiger partial charge in [0.15, 0.2) is 0 Å². The van der Waals surface area contributed by atoms with Crippen LogP contribution in [0.1, 0.15) is 0 Å². The average Bonchev–Trinajstić information content (AvgIpc) is 2.06. The van der Waals surface area contributed by atoms with E-state index >= 15 is 0 Å². The molecule has 0 saturated carbocycles. The molecule has 0 spiro atoms. The standard InChI is InChI=1S/C2BrF4O4/c3-2(10-6,11-7)1(8-4)9-5. The molecular weight excluding hydrogens is 244 g/mol. The van der Waals surface area contributed by atoms with E-state index in [1.54, 1.807) is 0 Å². The van der Waals surface area contributed by atoms with E-state index in [4.69, 9.17) is 0 Å². The van der Waals surface area contributed by atoms with Crippen LogP contribution in [0, 0.1) is 6.29 Å². The Morgan fingerprint density at radius 1 is 1.00 bits per heavy atom. The molecule has 1 radical (unpaired) electrons. The van der Waals surface area contributed by atoms with Gasteiger partial charge in [0.25, 0.3) is 0 Å². The van der Waals surface area contributed by atoms with Crippen LogP contribution >= 0.6 is 15.9 Å². The fourth-order valence-corrected chi connectivity index (χ4v) is 0.301. The van der Waals surface area contributed by atoms with Crippen LogP contribution in [-0.2, 0) is 19.8 Å². The highest BCUT2D eigenvalue weighted by molar-refractivity contribution is 9.10. The van der Waals surface area contributed by atoms with E-state index in [0.717, 1.165) is 0 Å². The predicted octanol–water partition coefficient (Wildman–Crippen LogP) is 2.13. The fraction of sp³-hybridized carbons (Fsp3) is 0.500. The summed E-state index contributed by atoms with van der Waals surface area (Å²) >= 11 is 1.91. The second-order valence-electron chi connectivity index (χ2n) is 1.13. The SMILES string of the molecule is FO[C](OF)C(Br)(OF)OF. The quantitative estimate of drug-likeness (QED) is 0.421. The van der Waals surface area contributed by atoms with Crippen LogP contribution < -0.4 is 0 Å². The molecule has 0 aliphatic rings. The summed E-state index contributed by atoms with van der Waals surface area (Å²) in [5.74, 6) is 0. The van der Waals surface area contributed by atoms with E-state index in [1.807, 2.05) is 15.9 Å². The van der Waals surface area contributed by atoms with Crippen molar-refractivity contribution < 1.29 is 37.9 Å². The summed E-state index contributed by atoms with van der Waals surface area (Å²) in [7, 11) is 0. The van der Waals surface area contributed by atoms with Crippen LogP contribution in [0.3, 0.4) is 0 Å². The Kier molecular flexibility index (Phi) is 4.84. The van der Waals surface area contributed by atoms with Crippen molar-refractivity contribution in [3.05, 3.63) is 6.29 Å². The van der Waals surface area contributed by atoms with Gasteiger partial charge in [-0.3, -0.25) is 0 Å². The van der Waals surface area contributed by atoms with Crippen molar-refractivity contribution in [1.29, 1.82) is 0 Å². The van der Waals surface area contributed by atoms with E-state index in [2.05, 4.69) is 19.8 Å². The first kappa shape index (κ1) is 11.0. The third-order valence-electron chi connectivity index (χ3n) is 0.582. The molecule has 4 nitrogen and oxygen atoms in total. The number of alkyl halides is 1. The molecule has 0 N–H and O–H groups in total. The second-order valence-corrected chi connectivity index (χ2v) is 2.18. The van der Waals surface area contributed by atoms with E-state index in [-0.39, 0.29) is 0 Å². The van der Waals surface area contributed by atoms with Crippen LogP contribution in [0.2, 0.25) is 0 Å². The van der Waals surface area contributed by atoms with E-state index in [9.17, 15) is 18.1 Å². The smallest absolute Gasteiger partial charge is 0.141 e. The average molecular weight is 244 g/mol. The van der Waals surface area contributed by atoms with Gasteiger partial charge in [0.2, 0.25) is 0 Å². The molecule has 0 atom stereocenters. The first-order valence-corrected chi connectivity index (χ1v) is 2.67. The van der Waals surface area contributed by atoms with Gasteiger partial charge in [-0.25, -0.2) is 0 Å². The maximum atomic E-state index is 11.2. The highest BCUT2D eigenvalue weighted by Crippen LogP contribution is 2.35. The van der Waals surface area contributed by atoms with Gasteiger partial charge in [-0.1, -0.05) is 0 Å². The molecular formula is C2BrF4O4. The highest BCUT2D eigenvalue weighted by atomic mass is 79.9. The van der Waals surface area contributed by atoms with Crippen LogP contribution in [0.25, 0.3) is 0 Å². The summed E-state index contributed by atoms with van der Waals surface area (Å²) in [6, 6.07) is 0. The molecule has 0 bridgehead atoms. The van der Waals surface area contributed by atoms with E-state index in [1.165, 1.54) is 0 Å². The lowest BCUT2D eigenvalue weighted by Gasteiger charge is -2.17. The van der Waals surface area contributed by atoms with Crippen molar-refractivity contribution in [3.8, 4) is 0 Å². The molecule has 67 valence electrons. The van der Waals surface area contributed by atoms with Crippen LogP contribution in [0.5, 0.6) is 0 Å². The minimum Gasteiger partial charge on any atom is -0.141 e. The fourth-order valence-electron chi connectivity index (χ4n) is 0.179. The summed E-state index contributed by atoms with van der Waals surface area (Å²) in [6.45, 7) is 0. The summed E-state index contributed by atoms with van der Waals surface area (Å²) < 4.78 is 41.5. The molecule has 0 aliphatic carbocycles. The minimum atomic E-state index is -3.20. The van der Waals surface area contributed by atoms with Crippen LogP contribution in [0.4, 0.5) is 18.1 Å². The first-order valence-electron chi connectivity index (χ1n) is 1.87. The van der Waals surface area contributed by atoms with Gasteiger partial charge in [-0.15, -0.1) is 19.8 Å². The zero-order valence-electron chi connectivity index (χ0n) is 4.52. The van der Waals surface area contributed by atoms with E-state index < -0.39 is 11.0 Å². The molecule has 0 fully saturated rings. The van der Waals surface area contributed by atoms with Gasteiger partial charge < -0.3 is 0 Å². The Morgan fingerprint density at radius 3 is 1.45 bits per heavy atom. The number of hydrogen-bond acceptors (Lipinski definition) is 4.